The maximum absolute atomic E-state index is 11.8. The number of alkyl halides is 1. The van der Waals surface area contributed by atoms with Crippen LogP contribution in [0.5, 0.6) is 0 Å². The Bertz CT molecular complexity index is 347. The van der Waals surface area contributed by atoms with Gasteiger partial charge in [0.15, 0.2) is 0 Å². The summed E-state index contributed by atoms with van der Waals surface area (Å²) in [5, 5.41) is 3.75. The van der Waals surface area contributed by atoms with Crippen molar-refractivity contribution in [2.24, 2.45) is 5.92 Å². The Hall–Kier alpha value is -0.770. The topological polar surface area (TPSA) is 42.2 Å². The highest BCUT2D eigenvalue weighted by atomic mass is 79.9. The van der Waals surface area contributed by atoms with Crippen molar-refractivity contribution < 1.29 is 9.21 Å². The maximum Gasteiger partial charge on any atom is 0.254 e. The van der Waals surface area contributed by atoms with Crippen molar-refractivity contribution in [1.29, 1.82) is 0 Å². The van der Waals surface area contributed by atoms with E-state index in [-0.39, 0.29) is 11.9 Å². The Kier molecular flexibility index (Phi) is 5.06. The molecule has 16 heavy (non-hydrogen) atoms. The van der Waals surface area contributed by atoms with Gasteiger partial charge in [-0.1, -0.05) is 29.8 Å². The van der Waals surface area contributed by atoms with Crippen molar-refractivity contribution in [1.82, 2.24) is 5.32 Å². The van der Waals surface area contributed by atoms with Crippen LogP contribution in [0.3, 0.4) is 0 Å². The zero-order valence-corrected chi connectivity index (χ0v) is 11.5. The lowest BCUT2D eigenvalue weighted by Crippen LogP contribution is -2.36. The molecule has 0 saturated carbocycles. The lowest BCUT2D eigenvalue weighted by atomic mass is 10.1. The summed E-state index contributed by atoms with van der Waals surface area (Å²) in [6.45, 7) is 6.11. The molecule has 3 nitrogen and oxygen atoms in total. The quantitative estimate of drug-likeness (QED) is 0.846. The molecule has 1 aromatic rings. The Balaban J connectivity index is 2.55. The fraction of sp³-hybridized carbons (Fsp3) is 0.583. The number of furan rings is 1. The van der Waals surface area contributed by atoms with Crippen LogP contribution >= 0.6 is 15.9 Å². The molecular weight excluding hydrogens is 270 g/mol. The summed E-state index contributed by atoms with van der Waals surface area (Å²) in [7, 11) is 0. The lowest BCUT2D eigenvalue weighted by molar-refractivity contribution is 0.0936. The van der Waals surface area contributed by atoms with Crippen LogP contribution in [0.4, 0.5) is 0 Å². The van der Waals surface area contributed by atoms with Gasteiger partial charge in [-0.05, 0) is 25.3 Å². The van der Waals surface area contributed by atoms with E-state index in [1.54, 1.807) is 6.07 Å². The highest BCUT2D eigenvalue weighted by Crippen LogP contribution is 2.10. The standard InChI is InChI=1S/C12H18BrNO2/c1-8(2)4-11(6-13)14-12(15)10-5-9(3)16-7-10/h5,7-8,11H,4,6H2,1-3H3,(H,14,15). The van der Waals surface area contributed by atoms with Gasteiger partial charge in [0.05, 0.1) is 5.56 Å². The smallest absolute Gasteiger partial charge is 0.254 e. The van der Waals surface area contributed by atoms with Gasteiger partial charge in [-0.15, -0.1) is 0 Å². The van der Waals surface area contributed by atoms with Crippen LogP contribution in [-0.4, -0.2) is 17.3 Å². The van der Waals surface area contributed by atoms with Gasteiger partial charge >= 0.3 is 0 Å². The van der Waals surface area contributed by atoms with Gasteiger partial charge in [-0.25, -0.2) is 0 Å². The van der Waals surface area contributed by atoms with Crippen LogP contribution < -0.4 is 5.32 Å². The highest BCUT2D eigenvalue weighted by molar-refractivity contribution is 9.09. The first kappa shape index (κ1) is 13.3. The first-order valence-corrected chi connectivity index (χ1v) is 6.57. The van der Waals surface area contributed by atoms with Crippen molar-refractivity contribution in [3.8, 4) is 0 Å². The molecule has 90 valence electrons. The number of halogens is 1. The van der Waals surface area contributed by atoms with Gasteiger partial charge in [-0.3, -0.25) is 4.79 Å². The molecule has 0 aliphatic carbocycles. The Morgan fingerprint density at radius 2 is 2.25 bits per heavy atom. The minimum absolute atomic E-state index is 0.0676. The van der Waals surface area contributed by atoms with E-state index in [4.69, 9.17) is 4.42 Å². The molecule has 1 amide bonds. The molecule has 0 radical (unpaired) electrons. The summed E-state index contributed by atoms with van der Waals surface area (Å²) in [5.74, 6) is 1.25. The molecule has 0 spiro atoms. The minimum atomic E-state index is -0.0676. The SMILES string of the molecule is Cc1cc(C(=O)NC(CBr)CC(C)C)co1. The average molecular weight is 288 g/mol. The van der Waals surface area contributed by atoms with E-state index < -0.39 is 0 Å². The molecule has 1 heterocycles. The zero-order valence-electron chi connectivity index (χ0n) is 9.92. The molecule has 4 heteroatoms. The molecule has 1 atom stereocenters. The molecular formula is C12H18BrNO2. The van der Waals surface area contributed by atoms with E-state index in [9.17, 15) is 4.79 Å². The van der Waals surface area contributed by atoms with Crippen LogP contribution in [-0.2, 0) is 0 Å². The monoisotopic (exact) mass is 287 g/mol. The van der Waals surface area contributed by atoms with E-state index >= 15 is 0 Å². The minimum Gasteiger partial charge on any atom is -0.469 e. The van der Waals surface area contributed by atoms with Crippen LogP contribution in [0.25, 0.3) is 0 Å². The molecule has 0 fully saturated rings. The second kappa shape index (κ2) is 6.09. The van der Waals surface area contributed by atoms with Crippen LogP contribution in [0.15, 0.2) is 16.7 Å². The summed E-state index contributed by atoms with van der Waals surface area (Å²) >= 11 is 3.41. The largest absolute Gasteiger partial charge is 0.469 e. The predicted molar refractivity (Wildman–Crippen MR) is 67.9 cm³/mol. The molecule has 1 N–H and O–H groups in total. The fourth-order valence-electron chi connectivity index (χ4n) is 1.56. The number of hydrogen-bond acceptors (Lipinski definition) is 2. The van der Waals surface area contributed by atoms with Crippen molar-refractivity contribution in [3.05, 3.63) is 23.7 Å². The predicted octanol–water partition coefficient (Wildman–Crippen LogP) is 3.13. The Morgan fingerprint density at radius 3 is 2.69 bits per heavy atom. The third-order valence-electron chi connectivity index (χ3n) is 2.27. The molecule has 0 aliphatic rings. The lowest BCUT2D eigenvalue weighted by Gasteiger charge is -2.17. The number of carbonyl (C=O) groups excluding carboxylic acids is 1. The van der Waals surface area contributed by atoms with E-state index in [1.165, 1.54) is 6.26 Å². The van der Waals surface area contributed by atoms with Gasteiger partial charge in [0.25, 0.3) is 5.91 Å². The van der Waals surface area contributed by atoms with Gasteiger partial charge in [0.1, 0.15) is 12.0 Å². The van der Waals surface area contributed by atoms with Crippen LogP contribution in [0, 0.1) is 12.8 Å². The van der Waals surface area contributed by atoms with Gasteiger partial charge < -0.3 is 9.73 Å². The zero-order chi connectivity index (χ0) is 12.1. The molecule has 1 rings (SSSR count). The number of rotatable bonds is 5. The van der Waals surface area contributed by atoms with Crippen LogP contribution in [0.2, 0.25) is 0 Å². The second-order valence-electron chi connectivity index (χ2n) is 4.40. The summed E-state index contributed by atoms with van der Waals surface area (Å²) in [4.78, 5) is 11.8. The molecule has 1 unspecified atom stereocenters. The first-order chi connectivity index (χ1) is 7.52. The second-order valence-corrected chi connectivity index (χ2v) is 5.05. The molecule has 1 aromatic heterocycles. The molecule has 0 aliphatic heterocycles. The summed E-state index contributed by atoms with van der Waals surface area (Å²) in [6, 6.07) is 1.92. The Labute approximate surface area is 105 Å². The summed E-state index contributed by atoms with van der Waals surface area (Å²) in [5.41, 5.74) is 0.590. The van der Waals surface area contributed by atoms with Crippen LogP contribution in [0.1, 0.15) is 36.4 Å². The van der Waals surface area contributed by atoms with Crippen molar-refractivity contribution in [2.75, 3.05) is 5.33 Å². The maximum atomic E-state index is 11.8. The molecule has 0 bridgehead atoms. The first-order valence-electron chi connectivity index (χ1n) is 5.45. The average Bonchev–Trinajstić information content (AvgIpc) is 2.63. The molecule has 0 saturated heterocycles. The Morgan fingerprint density at radius 1 is 1.56 bits per heavy atom. The third kappa shape index (κ3) is 4.00. The van der Waals surface area contributed by atoms with Crippen molar-refractivity contribution >= 4 is 21.8 Å². The molecule has 0 aromatic carbocycles. The van der Waals surface area contributed by atoms with Gasteiger partial charge in [-0.2, -0.15) is 0 Å². The number of nitrogens with one attached hydrogen (secondary N) is 1. The van der Waals surface area contributed by atoms with E-state index in [0.29, 0.717) is 11.5 Å². The number of amides is 1. The van der Waals surface area contributed by atoms with Crippen molar-refractivity contribution in [2.45, 2.75) is 33.2 Å². The normalized spacial score (nSPS) is 12.8. The van der Waals surface area contributed by atoms with E-state index in [2.05, 4.69) is 35.1 Å². The highest BCUT2D eigenvalue weighted by Gasteiger charge is 2.15. The fourth-order valence-corrected chi connectivity index (χ4v) is 1.99. The third-order valence-corrected chi connectivity index (χ3v) is 3.05. The summed E-state index contributed by atoms with van der Waals surface area (Å²) < 4.78 is 5.11. The number of hydrogen-bond donors (Lipinski definition) is 1. The van der Waals surface area contributed by atoms with E-state index in [0.717, 1.165) is 17.5 Å². The number of carbonyl (C=O) groups is 1. The van der Waals surface area contributed by atoms with Crippen molar-refractivity contribution in [3.63, 3.8) is 0 Å². The van der Waals surface area contributed by atoms with E-state index in [1.807, 2.05) is 6.92 Å². The number of aryl methyl sites for hydroxylation is 1. The van der Waals surface area contributed by atoms with Gasteiger partial charge in [0.2, 0.25) is 0 Å². The summed E-state index contributed by atoms with van der Waals surface area (Å²) in [6.07, 6.45) is 2.46. The van der Waals surface area contributed by atoms with Gasteiger partial charge in [0, 0.05) is 11.4 Å².